The Bertz CT molecular complexity index is 2120. The minimum Gasteiger partial charge on any atom is -0.444 e. The normalized spacial score (nSPS) is 23.8. The summed E-state index contributed by atoms with van der Waals surface area (Å²) in [5.41, 5.74) is -0.430. The highest BCUT2D eigenvalue weighted by Gasteiger charge is 2.47. The van der Waals surface area contributed by atoms with Gasteiger partial charge in [-0.2, -0.15) is 0 Å². The highest BCUT2D eigenvalue weighted by molar-refractivity contribution is 5.77. The van der Waals surface area contributed by atoms with E-state index >= 15 is 0 Å². The number of carbonyl (C=O) groups is 5. The predicted octanol–water partition coefficient (Wildman–Crippen LogP) is 13.5. The van der Waals surface area contributed by atoms with Gasteiger partial charge in [0.2, 0.25) is 0 Å². The molecule has 6 rings (SSSR count). The molecule has 4 fully saturated rings. The van der Waals surface area contributed by atoms with Crippen molar-refractivity contribution in [1.82, 2.24) is 20.9 Å². The third-order valence-corrected chi connectivity index (χ3v) is 11.9. The molecule has 4 aliphatic rings. The van der Waals surface area contributed by atoms with E-state index in [0.717, 1.165) is 57.8 Å². The maximum atomic E-state index is 13.2. The summed E-state index contributed by atoms with van der Waals surface area (Å²) < 4.78 is 30.3. The number of hydrogen-bond acceptors (Lipinski definition) is 12. The Kier molecular flexibility index (Phi) is 22.1. The summed E-state index contributed by atoms with van der Waals surface area (Å²) in [6, 6.07) is 22.5. The standard InChI is InChI=1S/C27H40N2O4.C22H32N2O2.C10H18O5/c1-26(2,3)32-24(30)28-21-14-16-22(17-15-21)29(25(31)33-27(4,5)6)23-18-20(23)13-12-19-10-8-7-9-11-19;1-22(2,3)26-21(25)24-19-13-11-18(12-14-19)23-20-15-17(20)10-9-16-7-5-4-6-8-16;1-9(2,3)14-7(11)13-8(12)15-10(4,5)6/h7-13,20-23H,14-18H2,1-6H3,(H,28,30);4-10,17-20,23H,11-15H2,1-3H3,(H,24,25);1-6H3/b13-12+;10-9+;. The molecule has 0 bridgehead atoms. The van der Waals surface area contributed by atoms with E-state index in [1.807, 2.05) is 91.5 Å². The quantitative estimate of drug-likeness (QED) is 0.117. The van der Waals surface area contributed by atoms with Crippen molar-refractivity contribution in [1.29, 1.82) is 0 Å². The molecule has 3 amide bonds. The summed E-state index contributed by atoms with van der Waals surface area (Å²) in [5.74, 6) is 1.00. The number of hydrogen-bond donors (Lipinski definition) is 3. The van der Waals surface area contributed by atoms with Crippen LogP contribution in [0.1, 0.15) is 179 Å². The zero-order chi connectivity index (χ0) is 55.1. The lowest BCUT2D eigenvalue weighted by Crippen LogP contribution is -2.49. The maximum absolute atomic E-state index is 13.2. The summed E-state index contributed by atoms with van der Waals surface area (Å²) in [5, 5.41) is 9.80. The van der Waals surface area contributed by atoms with Crippen LogP contribution in [0.5, 0.6) is 0 Å². The van der Waals surface area contributed by atoms with Crippen LogP contribution in [0.15, 0.2) is 72.8 Å². The molecule has 3 N–H and O–H groups in total. The van der Waals surface area contributed by atoms with Crippen LogP contribution in [0.2, 0.25) is 0 Å². The summed E-state index contributed by atoms with van der Waals surface area (Å²) >= 11 is 0. The molecule has 2 aromatic rings. The van der Waals surface area contributed by atoms with Crippen molar-refractivity contribution in [2.24, 2.45) is 11.8 Å². The molecule has 4 aliphatic carbocycles. The lowest BCUT2D eigenvalue weighted by Gasteiger charge is -2.38. The predicted molar refractivity (Wildman–Crippen MR) is 290 cm³/mol. The summed E-state index contributed by atoms with van der Waals surface area (Å²) in [6.45, 7) is 27.0. The first-order valence-electron chi connectivity index (χ1n) is 26.7. The number of nitrogens with zero attached hydrogens (tertiary/aromatic N) is 1. The molecular formula is C59H90N4O11. The second-order valence-corrected chi connectivity index (χ2v) is 24.9. The van der Waals surface area contributed by atoms with Crippen LogP contribution in [-0.2, 0) is 28.4 Å². The molecule has 2 aromatic carbocycles. The second-order valence-electron chi connectivity index (χ2n) is 24.9. The first-order chi connectivity index (χ1) is 34.3. The molecule has 15 nitrogen and oxygen atoms in total. The fourth-order valence-electron chi connectivity index (χ4n) is 8.58. The average Bonchev–Trinajstić information content (AvgIpc) is 4.18. The van der Waals surface area contributed by atoms with Crippen molar-refractivity contribution in [3.8, 4) is 0 Å². The largest absolute Gasteiger partial charge is 0.519 e. The monoisotopic (exact) mass is 1030 g/mol. The molecule has 0 radical (unpaired) electrons. The number of nitrogens with one attached hydrogen (secondary N) is 3. The maximum Gasteiger partial charge on any atom is 0.519 e. The van der Waals surface area contributed by atoms with E-state index < -0.39 is 40.3 Å². The van der Waals surface area contributed by atoms with E-state index in [0.29, 0.717) is 23.9 Å². The van der Waals surface area contributed by atoms with Gasteiger partial charge in [-0.15, -0.1) is 0 Å². The Hall–Kier alpha value is -5.57. The molecule has 0 saturated heterocycles. The zero-order valence-corrected chi connectivity index (χ0v) is 47.2. The van der Waals surface area contributed by atoms with Crippen molar-refractivity contribution in [3.63, 3.8) is 0 Å². The van der Waals surface area contributed by atoms with Gasteiger partial charge in [-0.3, -0.25) is 0 Å². The Morgan fingerprint density at radius 2 is 0.851 bits per heavy atom. The van der Waals surface area contributed by atoms with Gasteiger partial charge in [-0.05, 0) is 191 Å². The van der Waals surface area contributed by atoms with Crippen LogP contribution >= 0.6 is 0 Å². The van der Waals surface area contributed by atoms with Gasteiger partial charge in [0, 0.05) is 36.3 Å². The summed E-state index contributed by atoms with van der Waals surface area (Å²) in [4.78, 5) is 61.2. The lowest BCUT2D eigenvalue weighted by atomic mass is 9.90. The van der Waals surface area contributed by atoms with Crippen LogP contribution in [0.4, 0.5) is 24.0 Å². The van der Waals surface area contributed by atoms with Crippen LogP contribution in [0, 0.1) is 11.8 Å². The van der Waals surface area contributed by atoms with Gasteiger partial charge in [0.15, 0.2) is 0 Å². The molecule has 4 atom stereocenters. The topological polar surface area (TPSA) is 180 Å². The zero-order valence-electron chi connectivity index (χ0n) is 47.2. The fourth-order valence-corrected chi connectivity index (χ4v) is 8.58. The third kappa shape index (κ3) is 25.6. The van der Waals surface area contributed by atoms with Gasteiger partial charge in [-0.1, -0.05) is 85.0 Å². The van der Waals surface area contributed by atoms with Crippen LogP contribution in [0.25, 0.3) is 12.2 Å². The van der Waals surface area contributed by atoms with Crippen LogP contribution < -0.4 is 16.0 Å². The highest BCUT2D eigenvalue weighted by atomic mass is 16.8. The van der Waals surface area contributed by atoms with E-state index in [9.17, 15) is 24.0 Å². The van der Waals surface area contributed by atoms with E-state index in [-0.39, 0.29) is 42.4 Å². The molecule has 0 spiro atoms. The minimum atomic E-state index is -1.06. The molecule has 412 valence electrons. The molecule has 0 heterocycles. The number of carbonyl (C=O) groups excluding carboxylic acids is 5. The molecule has 74 heavy (non-hydrogen) atoms. The lowest BCUT2D eigenvalue weighted by molar-refractivity contribution is -0.0295. The Morgan fingerprint density at radius 3 is 1.26 bits per heavy atom. The van der Waals surface area contributed by atoms with Gasteiger partial charge < -0.3 is 49.3 Å². The molecule has 0 aliphatic heterocycles. The first-order valence-corrected chi connectivity index (χ1v) is 26.7. The van der Waals surface area contributed by atoms with Crippen molar-refractivity contribution >= 4 is 42.7 Å². The molecule has 4 saturated carbocycles. The Morgan fingerprint density at radius 1 is 0.473 bits per heavy atom. The number of benzene rings is 2. The van der Waals surface area contributed by atoms with E-state index in [4.69, 9.17) is 23.7 Å². The first kappa shape index (κ1) is 61.0. The SMILES string of the molecule is CC(C)(C)OC(=O)NC1CCC(N(C(=O)OC(C)(C)C)C2CC2/C=C/c2ccccc2)CC1.CC(C)(C)OC(=O)NC1CCC(NC2CC2/C=C/c2ccccc2)CC1.CC(C)(C)OC(=O)OC(=O)OC(C)(C)C. The molecular weight excluding hydrogens is 941 g/mol. The minimum absolute atomic E-state index is 0.0737. The molecule has 15 heteroatoms. The van der Waals surface area contributed by atoms with Crippen molar-refractivity contribution in [2.75, 3.05) is 0 Å². The van der Waals surface area contributed by atoms with Gasteiger partial charge >= 0.3 is 30.6 Å². The number of ether oxygens (including phenoxy) is 6. The summed E-state index contributed by atoms with van der Waals surface area (Å²) in [7, 11) is 0. The van der Waals surface area contributed by atoms with Gasteiger partial charge in [0.25, 0.3) is 0 Å². The Balaban J connectivity index is 0.000000258. The van der Waals surface area contributed by atoms with Crippen molar-refractivity contribution < 1.29 is 52.4 Å². The van der Waals surface area contributed by atoms with Gasteiger partial charge in [-0.25, -0.2) is 24.0 Å². The highest BCUT2D eigenvalue weighted by Crippen LogP contribution is 2.42. The number of amides is 3. The Labute approximate surface area is 442 Å². The molecule has 0 aromatic heterocycles. The van der Waals surface area contributed by atoms with E-state index in [2.05, 4.69) is 81.4 Å². The van der Waals surface area contributed by atoms with Gasteiger partial charge in [0.05, 0.1) is 0 Å². The summed E-state index contributed by atoms with van der Waals surface area (Å²) in [6.07, 6.45) is 15.7. The second kappa shape index (κ2) is 26.8. The third-order valence-electron chi connectivity index (χ3n) is 11.9. The number of rotatable bonds is 10. The van der Waals surface area contributed by atoms with E-state index in [1.165, 1.54) is 17.5 Å². The smallest absolute Gasteiger partial charge is 0.444 e. The van der Waals surface area contributed by atoms with Gasteiger partial charge in [0.1, 0.15) is 28.0 Å². The van der Waals surface area contributed by atoms with Crippen LogP contribution in [0.3, 0.4) is 0 Å². The van der Waals surface area contributed by atoms with Crippen molar-refractivity contribution in [2.45, 2.75) is 232 Å². The average molecular weight is 1030 g/mol. The van der Waals surface area contributed by atoms with Crippen LogP contribution in [-0.4, -0.2) is 99.7 Å². The molecule has 4 unspecified atom stereocenters. The fraction of sp³-hybridized carbons (Fsp3) is 0.644. The van der Waals surface area contributed by atoms with E-state index in [1.54, 1.807) is 41.5 Å². The number of alkyl carbamates (subject to hydrolysis) is 2. The van der Waals surface area contributed by atoms with Crippen molar-refractivity contribution in [3.05, 3.63) is 83.9 Å².